The van der Waals surface area contributed by atoms with Gasteiger partial charge in [-0.2, -0.15) is 0 Å². The Morgan fingerprint density at radius 3 is 2.67 bits per heavy atom. The molecule has 1 amide bonds. The van der Waals surface area contributed by atoms with Crippen LogP contribution in [0.25, 0.3) is 0 Å². The number of hydrogen-bond acceptors (Lipinski definition) is 5. The Kier molecular flexibility index (Phi) is 6.53. The lowest BCUT2D eigenvalue weighted by molar-refractivity contribution is -0.120. The normalized spacial score (nSPS) is 16.0. The molecule has 0 saturated carbocycles. The van der Waals surface area contributed by atoms with E-state index in [1.165, 1.54) is 0 Å². The quantitative estimate of drug-likeness (QED) is 0.769. The van der Waals surface area contributed by atoms with Crippen LogP contribution in [0.15, 0.2) is 42.6 Å². The number of pyridine rings is 1. The predicted molar refractivity (Wildman–Crippen MR) is 109 cm³/mol. The minimum Gasteiger partial charge on any atom is -0.492 e. The molecule has 3 rings (SSSR count). The van der Waals surface area contributed by atoms with E-state index >= 15 is 0 Å². The van der Waals surface area contributed by atoms with Crippen LogP contribution in [0.3, 0.4) is 0 Å². The number of carbonyl (C=O) groups is 1. The first-order chi connectivity index (χ1) is 13.1. The van der Waals surface area contributed by atoms with Gasteiger partial charge in [0, 0.05) is 32.4 Å². The second-order valence-corrected chi connectivity index (χ2v) is 6.79. The minimum atomic E-state index is -0.245. The summed E-state index contributed by atoms with van der Waals surface area (Å²) >= 11 is 6.03. The van der Waals surface area contributed by atoms with Crippen LogP contribution in [-0.2, 0) is 4.79 Å². The molecule has 7 heteroatoms. The number of aromatic nitrogens is 1. The summed E-state index contributed by atoms with van der Waals surface area (Å²) < 4.78 is 5.74. The van der Waals surface area contributed by atoms with Crippen LogP contribution in [0.2, 0.25) is 5.15 Å². The molecule has 27 heavy (non-hydrogen) atoms. The number of hydrogen-bond donors (Lipinski definition) is 1. The highest BCUT2D eigenvalue weighted by molar-refractivity contribution is 6.32. The Morgan fingerprint density at radius 2 is 1.96 bits per heavy atom. The Balaban J connectivity index is 1.59. The molecule has 1 aliphatic heterocycles. The lowest BCUT2D eigenvalue weighted by atomic mass is 10.2. The maximum absolute atomic E-state index is 12.6. The number of amides is 1. The number of para-hydroxylation sites is 2. The molecule has 1 atom stereocenters. The molecule has 2 aromatic rings. The number of halogens is 1. The van der Waals surface area contributed by atoms with Gasteiger partial charge in [-0.15, -0.1) is 0 Å². The summed E-state index contributed by atoms with van der Waals surface area (Å²) in [6.07, 6.45) is 1.60. The van der Waals surface area contributed by atoms with E-state index in [4.69, 9.17) is 16.3 Å². The number of benzene rings is 1. The molecule has 0 bridgehead atoms. The summed E-state index contributed by atoms with van der Waals surface area (Å²) in [6.45, 7) is 7.84. The molecule has 0 aliphatic carbocycles. The molecule has 1 aliphatic rings. The smallest absolute Gasteiger partial charge is 0.241 e. The van der Waals surface area contributed by atoms with Gasteiger partial charge in [-0.05, 0) is 38.1 Å². The Labute approximate surface area is 165 Å². The predicted octanol–water partition coefficient (Wildman–Crippen LogP) is 3.28. The lowest BCUT2D eigenvalue weighted by Gasteiger charge is -2.39. The van der Waals surface area contributed by atoms with E-state index in [1.807, 2.05) is 32.0 Å². The molecular formula is C20H25ClN4O2. The summed E-state index contributed by atoms with van der Waals surface area (Å²) in [4.78, 5) is 21.1. The largest absolute Gasteiger partial charge is 0.492 e. The van der Waals surface area contributed by atoms with E-state index in [0.717, 1.165) is 37.6 Å². The van der Waals surface area contributed by atoms with Gasteiger partial charge >= 0.3 is 0 Å². The number of rotatable bonds is 6. The number of piperazine rings is 1. The van der Waals surface area contributed by atoms with Crippen LogP contribution in [0.4, 0.5) is 11.4 Å². The zero-order valence-electron chi connectivity index (χ0n) is 15.7. The van der Waals surface area contributed by atoms with E-state index in [1.54, 1.807) is 18.3 Å². The highest BCUT2D eigenvalue weighted by Crippen LogP contribution is 2.29. The molecule has 144 valence electrons. The zero-order chi connectivity index (χ0) is 19.2. The summed E-state index contributed by atoms with van der Waals surface area (Å²) in [7, 11) is 0. The number of nitrogens with zero attached hydrogens (tertiary/aromatic N) is 3. The number of carbonyl (C=O) groups excluding carboxylic acids is 1. The molecule has 0 spiro atoms. The number of nitrogens with one attached hydrogen (secondary N) is 1. The Morgan fingerprint density at radius 1 is 1.22 bits per heavy atom. The third-order valence-corrected chi connectivity index (χ3v) is 5.07. The first-order valence-corrected chi connectivity index (χ1v) is 9.60. The fraction of sp³-hybridized carbons (Fsp3) is 0.400. The van der Waals surface area contributed by atoms with Gasteiger partial charge < -0.3 is 15.0 Å². The second kappa shape index (κ2) is 9.06. The topological polar surface area (TPSA) is 57.7 Å². The van der Waals surface area contributed by atoms with Crippen molar-refractivity contribution in [2.24, 2.45) is 0 Å². The monoisotopic (exact) mass is 388 g/mol. The Hall–Kier alpha value is -2.31. The van der Waals surface area contributed by atoms with Gasteiger partial charge in [-0.1, -0.05) is 23.7 Å². The molecule has 2 heterocycles. The highest BCUT2D eigenvalue weighted by Gasteiger charge is 2.27. The number of ether oxygens (including phenoxy) is 1. The third kappa shape index (κ3) is 4.70. The van der Waals surface area contributed by atoms with Crippen LogP contribution in [0.1, 0.15) is 13.8 Å². The second-order valence-electron chi connectivity index (χ2n) is 6.43. The maximum Gasteiger partial charge on any atom is 0.241 e. The van der Waals surface area contributed by atoms with Crippen molar-refractivity contribution in [3.63, 3.8) is 0 Å². The van der Waals surface area contributed by atoms with E-state index in [9.17, 15) is 4.79 Å². The Bertz CT molecular complexity index is 778. The highest BCUT2D eigenvalue weighted by atomic mass is 35.5. The van der Waals surface area contributed by atoms with Crippen LogP contribution >= 0.6 is 11.6 Å². The molecule has 0 unspecified atom stereocenters. The van der Waals surface area contributed by atoms with E-state index in [0.29, 0.717) is 17.4 Å². The first kappa shape index (κ1) is 19.5. The molecule has 1 fully saturated rings. The van der Waals surface area contributed by atoms with E-state index < -0.39 is 0 Å². The van der Waals surface area contributed by atoms with Crippen molar-refractivity contribution in [1.82, 2.24) is 9.88 Å². The van der Waals surface area contributed by atoms with Gasteiger partial charge in [0.25, 0.3) is 0 Å². The average molecular weight is 389 g/mol. The van der Waals surface area contributed by atoms with Crippen LogP contribution in [0, 0.1) is 0 Å². The van der Waals surface area contributed by atoms with E-state index in [2.05, 4.69) is 26.2 Å². The number of anilines is 2. The van der Waals surface area contributed by atoms with Gasteiger partial charge in [0.2, 0.25) is 5.91 Å². The van der Waals surface area contributed by atoms with Crippen molar-refractivity contribution in [3.8, 4) is 5.75 Å². The lowest BCUT2D eigenvalue weighted by Crippen LogP contribution is -2.52. The van der Waals surface area contributed by atoms with Gasteiger partial charge in [0.05, 0.1) is 24.0 Å². The molecular weight excluding hydrogens is 364 g/mol. The van der Waals surface area contributed by atoms with Crippen molar-refractivity contribution < 1.29 is 9.53 Å². The standard InChI is InChI=1S/C20H25ClN4O2/c1-3-27-18-9-5-4-8-17(18)25-13-11-24(12-14-25)15(2)20(26)23-16-7-6-10-22-19(16)21/h4-10,15H,3,11-14H2,1-2H3,(H,23,26)/t15-/m0/s1. The van der Waals surface area contributed by atoms with Crippen molar-refractivity contribution in [2.75, 3.05) is 43.0 Å². The van der Waals surface area contributed by atoms with Gasteiger partial charge in [-0.3, -0.25) is 9.69 Å². The fourth-order valence-electron chi connectivity index (χ4n) is 3.23. The van der Waals surface area contributed by atoms with Crippen molar-refractivity contribution in [2.45, 2.75) is 19.9 Å². The maximum atomic E-state index is 12.6. The summed E-state index contributed by atoms with van der Waals surface area (Å²) in [5, 5.41) is 3.17. The average Bonchev–Trinajstić information content (AvgIpc) is 2.70. The minimum absolute atomic E-state index is 0.0759. The van der Waals surface area contributed by atoms with Crippen LogP contribution < -0.4 is 15.0 Å². The first-order valence-electron chi connectivity index (χ1n) is 9.22. The van der Waals surface area contributed by atoms with Crippen LogP contribution in [-0.4, -0.2) is 54.6 Å². The molecule has 1 saturated heterocycles. The summed E-state index contributed by atoms with van der Waals surface area (Å²) in [6, 6.07) is 11.4. The molecule has 1 aromatic heterocycles. The van der Waals surface area contributed by atoms with Crippen molar-refractivity contribution >= 4 is 28.9 Å². The van der Waals surface area contributed by atoms with Crippen LogP contribution in [0.5, 0.6) is 5.75 Å². The molecule has 6 nitrogen and oxygen atoms in total. The summed E-state index contributed by atoms with van der Waals surface area (Å²) in [5.41, 5.74) is 1.65. The van der Waals surface area contributed by atoms with Crippen molar-refractivity contribution in [1.29, 1.82) is 0 Å². The SMILES string of the molecule is CCOc1ccccc1N1CCN([C@@H](C)C(=O)Nc2cccnc2Cl)CC1. The van der Waals surface area contributed by atoms with Gasteiger partial charge in [0.15, 0.2) is 5.15 Å². The van der Waals surface area contributed by atoms with Gasteiger partial charge in [0.1, 0.15) is 5.75 Å². The fourth-order valence-corrected chi connectivity index (χ4v) is 3.39. The molecule has 1 N–H and O–H groups in total. The van der Waals surface area contributed by atoms with E-state index in [-0.39, 0.29) is 11.9 Å². The van der Waals surface area contributed by atoms with Crippen molar-refractivity contribution in [3.05, 3.63) is 47.7 Å². The van der Waals surface area contributed by atoms with Gasteiger partial charge in [-0.25, -0.2) is 4.98 Å². The third-order valence-electron chi connectivity index (χ3n) is 4.76. The summed E-state index contributed by atoms with van der Waals surface area (Å²) in [5.74, 6) is 0.832. The zero-order valence-corrected chi connectivity index (χ0v) is 16.4. The molecule has 0 radical (unpaired) electrons. The molecule has 1 aromatic carbocycles.